The normalized spacial score (nSPS) is 24.7. The second kappa shape index (κ2) is 3.66. The van der Waals surface area contributed by atoms with Gasteiger partial charge in [-0.15, -0.1) is 0 Å². The number of rotatable bonds is 2. The lowest BCUT2D eigenvalue weighted by Crippen LogP contribution is -2.31. The zero-order valence-electron chi connectivity index (χ0n) is 8.92. The van der Waals surface area contributed by atoms with Crippen molar-refractivity contribution in [3.05, 3.63) is 18.0 Å². The molecular weight excluding hydrogens is 194 g/mol. The highest BCUT2D eigenvalue weighted by atomic mass is 16.3. The van der Waals surface area contributed by atoms with Crippen molar-refractivity contribution in [2.24, 2.45) is 0 Å². The van der Waals surface area contributed by atoms with Gasteiger partial charge in [-0.05, 0) is 18.9 Å². The molecule has 5 nitrogen and oxygen atoms in total. The van der Waals surface area contributed by atoms with Crippen LogP contribution in [0.4, 0.5) is 0 Å². The van der Waals surface area contributed by atoms with Gasteiger partial charge in [0.25, 0.3) is 5.91 Å². The van der Waals surface area contributed by atoms with E-state index in [1.165, 1.54) is 4.90 Å². The molecule has 5 heteroatoms. The van der Waals surface area contributed by atoms with Crippen molar-refractivity contribution in [1.29, 1.82) is 0 Å². The van der Waals surface area contributed by atoms with Gasteiger partial charge in [-0.3, -0.25) is 9.48 Å². The van der Waals surface area contributed by atoms with E-state index in [0.29, 0.717) is 5.69 Å². The fraction of sp³-hybridized carbons (Fsp3) is 0.600. The Morgan fingerprint density at radius 1 is 1.60 bits per heavy atom. The van der Waals surface area contributed by atoms with Gasteiger partial charge in [-0.25, -0.2) is 0 Å². The molecule has 1 saturated carbocycles. The van der Waals surface area contributed by atoms with E-state index < -0.39 is 0 Å². The van der Waals surface area contributed by atoms with Gasteiger partial charge in [-0.2, -0.15) is 5.10 Å². The van der Waals surface area contributed by atoms with Crippen LogP contribution in [0.15, 0.2) is 12.3 Å². The van der Waals surface area contributed by atoms with Gasteiger partial charge in [0.05, 0.1) is 12.1 Å². The van der Waals surface area contributed by atoms with Crippen molar-refractivity contribution in [2.75, 3.05) is 14.1 Å². The van der Waals surface area contributed by atoms with Crippen molar-refractivity contribution in [3.8, 4) is 0 Å². The first-order valence-corrected chi connectivity index (χ1v) is 5.03. The molecule has 0 atom stereocenters. The first-order valence-electron chi connectivity index (χ1n) is 5.03. The number of hydrogen-bond acceptors (Lipinski definition) is 3. The summed E-state index contributed by atoms with van der Waals surface area (Å²) in [6.45, 7) is 0. The van der Waals surface area contributed by atoms with E-state index in [1.807, 2.05) is 0 Å². The van der Waals surface area contributed by atoms with Crippen molar-refractivity contribution < 1.29 is 9.90 Å². The van der Waals surface area contributed by atoms with E-state index in [1.54, 1.807) is 31.0 Å². The number of carbonyl (C=O) groups is 1. The van der Waals surface area contributed by atoms with Crippen LogP contribution >= 0.6 is 0 Å². The van der Waals surface area contributed by atoms with Crippen LogP contribution in [0.3, 0.4) is 0 Å². The molecule has 0 bridgehead atoms. The van der Waals surface area contributed by atoms with Crippen LogP contribution in [0.5, 0.6) is 0 Å². The maximum absolute atomic E-state index is 11.6. The summed E-state index contributed by atoms with van der Waals surface area (Å²) >= 11 is 0. The van der Waals surface area contributed by atoms with Crippen molar-refractivity contribution in [2.45, 2.75) is 25.0 Å². The molecule has 15 heavy (non-hydrogen) atoms. The topological polar surface area (TPSA) is 58.4 Å². The molecule has 1 aliphatic rings. The molecule has 2 rings (SSSR count). The molecule has 0 saturated heterocycles. The Bertz CT molecular complexity index is 366. The molecule has 1 aliphatic carbocycles. The second-order valence-electron chi connectivity index (χ2n) is 4.16. The predicted octanol–water partition coefficient (Wildman–Crippen LogP) is 0.281. The molecule has 0 spiro atoms. The minimum absolute atomic E-state index is 0.0892. The Morgan fingerprint density at radius 3 is 2.80 bits per heavy atom. The number of nitrogens with zero attached hydrogens (tertiary/aromatic N) is 3. The number of carbonyl (C=O) groups excluding carboxylic acids is 1. The number of aliphatic hydroxyl groups is 1. The molecule has 1 aromatic heterocycles. The van der Waals surface area contributed by atoms with E-state index in [0.717, 1.165) is 12.8 Å². The summed E-state index contributed by atoms with van der Waals surface area (Å²) in [6, 6.07) is 1.97. The summed E-state index contributed by atoms with van der Waals surface area (Å²) in [7, 11) is 3.41. The van der Waals surface area contributed by atoms with Gasteiger partial charge in [0.2, 0.25) is 0 Å². The average molecular weight is 209 g/mol. The minimum atomic E-state index is -0.202. The molecule has 1 heterocycles. The average Bonchev–Trinajstić information content (AvgIpc) is 2.60. The van der Waals surface area contributed by atoms with E-state index in [-0.39, 0.29) is 18.1 Å². The van der Waals surface area contributed by atoms with Crippen LogP contribution in [0.1, 0.15) is 29.4 Å². The fourth-order valence-electron chi connectivity index (χ4n) is 1.66. The smallest absolute Gasteiger partial charge is 0.273 e. The molecule has 1 amide bonds. The molecule has 82 valence electrons. The molecule has 0 unspecified atom stereocenters. The first-order chi connectivity index (χ1) is 7.08. The van der Waals surface area contributed by atoms with E-state index in [9.17, 15) is 4.79 Å². The van der Waals surface area contributed by atoms with Crippen LogP contribution < -0.4 is 0 Å². The third-order valence-corrected chi connectivity index (χ3v) is 2.70. The fourth-order valence-corrected chi connectivity index (χ4v) is 1.66. The first kappa shape index (κ1) is 10.2. The largest absolute Gasteiger partial charge is 0.393 e. The van der Waals surface area contributed by atoms with Crippen LogP contribution in [-0.4, -0.2) is 45.9 Å². The SMILES string of the molecule is CN(C)C(=O)c1ccn([C@H]2C[C@H](O)C2)n1. The summed E-state index contributed by atoms with van der Waals surface area (Å²) in [6.07, 6.45) is 3.06. The van der Waals surface area contributed by atoms with Crippen molar-refractivity contribution >= 4 is 5.91 Å². The second-order valence-corrected chi connectivity index (χ2v) is 4.16. The van der Waals surface area contributed by atoms with Crippen LogP contribution in [0.2, 0.25) is 0 Å². The zero-order chi connectivity index (χ0) is 11.0. The maximum Gasteiger partial charge on any atom is 0.273 e. The van der Waals surface area contributed by atoms with Gasteiger partial charge in [0.15, 0.2) is 0 Å². The van der Waals surface area contributed by atoms with Gasteiger partial charge >= 0.3 is 0 Å². The minimum Gasteiger partial charge on any atom is -0.393 e. The predicted molar refractivity (Wildman–Crippen MR) is 54.5 cm³/mol. The van der Waals surface area contributed by atoms with Crippen molar-refractivity contribution in [1.82, 2.24) is 14.7 Å². The molecular formula is C10H15N3O2. The lowest BCUT2D eigenvalue weighted by atomic mass is 9.90. The van der Waals surface area contributed by atoms with E-state index in [4.69, 9.17) is 5.11 Å². The van der Waals surface area contributed by atoms with Crippen LogP contribution in [0.25, 0.3) is 0 Å². The summed E-state index contributed by atoms with van der Waals surface area (Å²) in [5.74, 6) is -0.0892. The number of aromatic nitrogens is 2. The van der Waals surface area contributed by atoms with E-state index in [2.05, 4.69) is 5.10 Å². The number of amides is 1. The summed E-state index contributed by atoms with van der Waals surface area (Å²) in [4.78, 5) is 13.1. The Labute approximate surface area is 88.3 Å². The van der Waals surface area contributed by atoms with Gasteiger partial charge in [-0.1, -0.05) is 0 Å². The molecule has 0 aliphatic heterocycles. The van der Waals surface area contributed by atoms with E-state index >= 15 is 0 Å². The third kappa shape index (κ3) is 1.87. The quantitative estimate of drug-likeness (QED) is 0.761. The molecule has 1 aromatic rings. The Morgan fingerprint density at radius 2 is 2.27 bits per heavy atom. The Kier molecular flexibility index (Phi) is 2.48. The maximum atomic E-state index is 11.6. The Balaban J connectivity index is 2.07. The lowest BCUT2D eigenvalue weighted by Gasteiger charge is -2.31. The number of hydrogen-bond donors (Lipinski definition) is 1. The molecule has 1 fully saturated rings. The Hall–Kier alpha value is -1.36. The van der Waals surface area contributed by atoms with Crippen LogP contribution in [0, 0.1) is 0 Å². The summed E-state index contributed by atoms with van der Waals surface area (Å²) < 4.78 is 1.77. The zero-order valence-corrected chi connectivity index (χ0v) is 8.92. The molecule has 0 radical (unpaired) electrons. The number of aliphatic hydroxyl groups excluding tert-OH is 1. The molecule has 0 aromatic carbocycles. The summed E-state index contributed by atoms with van der Waals surface area (Å²) in [5.41, 5.74) is 0.460. The molecule has 1 N–H and O–H groups in total. The lowest BCUT2D eigenvalue weighted by molar-refractivity contribution is 0.0431. The van der Waals surface area contributed by atoms with Gasteiger partial charge in [0.1, 0.15) is 5.69 Å². The third-order valence-electron chi connectivity index (χ3n) is 2.70. The van der Waals surface area contributed by atoms with Crippen LogP contribution in [-0.2, 0) is 0 Å². The van der Waals surface area contributed by atoms with Gasteiger partial charge < -0.3 is 10.0 Å². The summed E-state index contributed by atoms with van der Waals surface area (Å²) in [5, 5.41) is 13.4. The monoisotopic (exact) mass is 209 g/mol. The highest BCUT2D eigenvalue weighted by Gasteiger charge is 2.29. The highest BCUT2D eigenvalue weighted by molar-refractivity contribution is 5.91. The standard InChI is InChI=1S/C10H15N3O2/c1-12(2)10(15)9-3-4-13(11-9)7-5-8(14)6-7/h3-4,7-8,14H,5-6H2,1-2H3/t7-,8-. The highest BCUT2D eigenvalue weighted by Crippen LogP contribution is 2.31. The van der Waals surface area contributed by atoms with Crippen molar-refractivity contribution in [3.63, 3.8) is 0 Å². The van der Waals surface area contributed by atoms with Gasteiger partial charge in [0, 0.05) is 20.3 Å².